The lowest BCUT2D eigenvalue weighted by Crippen LogP contribution is -2.38. The number of hydrogen-bond donors (Lipinski definition) is 2. The molecule has 0 radical (unpaired) electrons. The molecule has 0 saturated heterocycles. The van der Waals surface area contributed by atoms with Crippen molar-refractivity contribution in [3.8, 4) is 0 Å². The minimum atomic E-state index is 0. The lowest BCUT2D eigenvalue weighted by Gasteiger charge is -2.26. The van der Waals surface area contributed by atoms with E-state index < -0.39 is 0 Å². The molecule has 1 aliphatic rings. The molecule has 1 aliphatic carbocycles. The van der Waals surface area contributed by atoms with Gasteiger partial charge in [-0.15, -0.1) is 45.5 Å². The summed E-state index contributed by atoms with van der Waals surface area (Å²) in [5.74, 6) is 4.38. The Morgan fingerprint density at radius 1 is 1.32 bits per heavy atom. The van der Waals surface area contributed by atoms with Gasteiger partial charge in [0.25, 0.3) is 0 Å². The predicted octanol–water partition coefficient (Wildman–Crippen LogP) is 4.25. The third-order valence-corrected chi connectivity index (χ3v) is 6.34. The number of rotatable bonds is 7. The van der Waals surface area contributed by atoms with Gasteiger partial charge >= 0.3 is 0 Å². The summed E-state index contributed by atoms with van der Waals surface area (Å²) in [6.07, 6.45) is 6.74. The van der Waals surface area contributed by atoms with Crippen LogP contribution in [-0.4, -0.2) is 27.3 Å². The smallest absolute Gasteiger partial charge is 0.192 e. The molecule has 2 atom stereocenters. The third-order valence-electron chi connectivity index (χ3n) is 5.46. The van der Waals surface area contributed by atoms with Crippen molar-refractivity contribution in [3.05, 3.63) is 34.0 Å². The average molecular weight is 516 g/mol. The van der Waals surface area contributed by atoms with Crippen LogP contribution in [-0.2, 0) is 20.1 Å². The summed E-state index contributed by atoms with van der Waals surface area (Å²) < 4.78 is 1.99. The van der Waals surface area contributed by atoms with Gasteiger partial charge in [0.1, 0.15) is 12.4 Å². The van der Waals surface area contributed by atoms with Crippen LogP contribution in [0, 0.1) is 18.8 Å². The third kappa shape index (κ3) is 7.02. The molecule has 1 fully saturated rings. The fourth-order valence-electron chi connectivity index (χ4n) is 3.71. The Morgan fingerprint density at radius 3 is 2.86 bits per heavy atom. The largest absolute Gasteiger partial charge is 0.356 e. The highest BCUT2D eigenvalue weighted by atomic mass is 127. The molecule has 2 aromatic rings. The van der Waals surface area contributed by atoms with Crippen molar-refractivity contribution in [3.63, 3.8) is 0 Å². The van der Waals surface area contributed by atoms with Gasteiger partial charge in [0.2, 0.25) is 0 Å². The Hall–Kier alpha value is -1.16. The molecule has 2 N–H and O–H groups in total. The lowest BCUT2D eigenvalue weighted by atomic mass is 9.81. The zero-order chi connectivity index (χ0) is 19.1. The normalized spacial score (nSPS) is 19.9. The summed E-state index contributed by atoms with van der Waals surface area (Å²) in [4.78, 5) is 6.05. The molecule has 6 nitrogen and oxygen atoms in total. The van der Waals surface area contributed by atoms with E-state index in [1.807, 2.05) is 18.5 Å². The molecule has 0 aromatic carbocycles. The van der Waals surface area contributed by atoms with E-state index in [9.17, 15) is 0 Å². The second-order valence-corrected chi connectivity index (χ2v) is 8.71. The van der Waals surface area contributed by atoms with Crippen LogP contribution in [0.25, 0.3) is 0 Å². The van der Waals surface area contributed by atoms with Gasteiger partial charge in [0.15, 0.2) is 11.8 Å². The van der Waals surface area contributed by atoms with E-state index in [-0.39, 0.29) is 24.0 Å². The number of thiophene rings is 1. The molecule has 2 heterocycles. The predicted molar refractivity (Wildman–Crippen MR) is 127 cm³/mol. The highest BCUT2D eigenvalue weighted by molar-refractivity contribution is 14.0. The second-order valence-electron chi connectivity index (χ2n) is 7.67. The lowest BCUT2D eigenvalue weighted by molar-refractivity contribution is 0.270. The number of halogens is 1. The number of aromatic nitrogens is 3. The standard InChI is InChI=1S/C20H32N6S.HI/c1-15-6-4-7-17(12-15)9-10-21-20(22-13-18-8-5-11-27-18)23-14-19-25-24-16(2)26(19)3;/h5,8,11,15,17H,4,6-7,9-10,12-14H2,1-3H3,(H2,21,22,23);1H. The molecule has 1 saturated carbocycles. The maximum absolute atomic E-state index is 4.74. The molecule has 0 bridgehead atoms. The quantitative estimate of drug-likeness (QED) is 0.328. The van der Waals surface area contributed by atoms with E-state index in [1.165, 1.54) is 37.0 Å². The van der Waals surface area contributed by atoms with Crippen molar-refractivity contribution < 1.29 is 0 Å². The van der Waals surface area contributed by atoms with Gasteiger partial charge in [-0.1, -0.05) is 32.3 Å². The zero-order valence-corrected chi connectivity index (χ0v) is 20.3. The topological polar surface area (TPSA) is 67.1 Å². The first-order chi connectivity index (χ1) is 13.1. The molecule has 0 aliphatic heterocycles. The molecule has 0 spiro atoms. The summed E-state index contributed by atoms with van der Waals surface area (Å²) in [5, 5.41) is 17.4. The Morgan fingerprint density at radius 2 is 2.18 bits per heavy atom. The van der Waals surface area contributed by atoms with E-state index in [4.69, 9.17) is 4.99 Å². The first-order valence-electron chi connectivity index (χ1n) is 10.0. The molecule has 2 aromatic heterocycles. The summed E-state index contributed by atoms with van der Waals surface area (Å²) in [5.41, 5.74) is 0. The van der Waals surface area contributed by atoms with Gasteiger partial charge in [-0.2, -0.15) is 0 Å². The van der Waals surface area contributed by atoms with Gasteiger partial charge in [0.05, 0.1) is 6.54 Å². The number of nitrogens with one attached hydrogen (secondary N) is 2. The molecular weight excluding hydrogens is 483 g/mol. The molecule has 28 heavy (non-hydrogen) atoms. The van der Waals surface area contributed by atoms with Gasteiger partial charge < -0.3 is 15.2 Å². The van der Waals surface area contributed by atoms with Crippen molar-refractivity contribution >= 4 is 41.3 Å². The van der Waals surface area contributed by atoms with Crippen molar-refractivity contribution in [1.82, 2.24) is 25.4 Å². The summed E-state index contributed by atoms with van der Waals surface area (Å²) in [6.45, 7) is 6.63. The first-order valence-corrected chi connectivity index (χ1v) is 10.9. The molecule has 0 amide bonds. The summed E-state index contributed by atoms with van der Waals surface area (Å²) in [6, 6.07) is 4.23. The van der Waals surface area contributed by atoms with Crippen LogP contribution in [0.2, 0.25) is 0 Å². The maximum Gasteiger partial charge on any atom is 0.192 e. The van der Waals surface area contributed by atoms with Crippen LogP contribution in [0.15, 0.2) is 22.5 Å². The number of guanidine groups is 1. The Labute approximate surface area is 189 Å². The van der Waals surface area contributed by atoms with Gasteiger partial charge in [-0.25, -0.2) is 4.99 Å². The Kier molecular flexibility index (Phi) is 9.70. The van der Waals surface area contributed by atoms with Gasteiger partial charge in [0, 0.05) is 18.5 Å². The number of hydrogen-bond acceptors (Lipinski definition) is 4. The maximum atomic E-state index is 4.74. The van der Waals surface area contributed by atoms with Crippen molar-refractivity contribution in [2.75, 3.05) is 6.54 Å². The van der Waals surface area contributed by atoms with Crippen LogP contribution in [0.5, 0.6) is 0 Å². The van der Waals surface area contributed by atoms with E-state index >= 15 is 0 Å². The highest BCUT2D eigenvalue weighted by Gasteiger charge is 2.18. The number of aliphatic imine (C=N–C) groups is 1. The zero-order valence-electron chi connectivity index (χ0n) is 17.1. The van der Waals surface area contributed by atoms with Crippen molar-refractivity contribution in [2.24, 2.45) is 23.9 Å². The molecule has 156 valence electrons. The average Bonchev–Trinajstić information content (AvgIpc) is 3.28. The summed E-state index contributed by atoms with van der Waals surface area (Å²) >= 11 is 1.76. The minimum Gasteiger partial charge on any atom is -0.356 e. The minimum absolute atomic E-state index is 0. The van der Waals surface area contributed by atoms with Crippen LogP contribution in [0.4, 0.5) is 0 Å². The van der Waals surface area contributed by atoms with Crippen LogP contribution in [0.3, 0.4) is 0 Å². The second kappa shape index (κ2) is 11.7. The van der Waals surface area contributed by atoms with Gasteiger partial charge in [-0.05, 0) is 43.0 Å². The van der Waals surface area contributed by atoms with E-state index in [1.54, 1.807) is 11.3 Å². The van der Waals surface area contributed by atoms with Crippen LogP contribution < -0.4 is 10.6 Å². The molecular formula is C20H33IN6S. The fourth-order valence-corrected chi connectivity index (χ4v) is 4.36. The SMILES string of the molecule is Cc1nnc(CN=C(NCCC2CCCC(C)C2)NCc2cccs2)n1C.I. The van der Waals surface area contributed by atoms with Crippen molar-refractivity contribution in [2.45, 2.75) is 59.0 Å². The van der Waals surface area contributed by atoms with E-state index in [0.29, 0.717) is 6.54 Å². The number of nitrogens with zero attached hydrogens (tertiary/aromatic N) is 4. The molecule has 2 unspecified atom stereocenters. The fraction of sp³-hybridized carbons (Fsp3) is 0.650. The van der Waals surface area contributed by atoms with Crippen LogP contribution >= 0.6 is 35.3 Å². The van der Waals surface area contributed by atoms with Gasteiger partial charge in [-0.3, -0.25) is 0 Å². The van der Waals surface area contributed by atoms with Crippen LogP contribution in [0.1, 0.15) is 55.6 Å². The summed E-state index contributed by atoms with van der Waals surface area (Å²) in [7, 11) is 1.98. The number of aryl methyl sites for hydroxylation is 1. The monoisotopic (exact) mass is 516 g/mol. The Bertz CT molecular complexity index is 727. The first kappa shape index (κ1) is 23.1. The van der Waals surface area contributed by atoms with Crippen molar-refractivity contribution in [1.29, 1.82) is 0 Å². The highest BCUT2D eigenvalue weighted by Crippen LogP contribution is 2.30. The molecule has 3 rings (SSSR count). The Balaban J connectivity index is 0.00000280. The molecule has 8 heteroatoms. The van der Waals surface area contributed by atoms with E-state index in [2.05, 4.69) is 45.3 Å². The van der Waals surface area contributed by atoms with E-state index in [0.717, 1.165) is 42.5 Å².